The molecule has 0 bridgehead atoms. The third kappa shape index (κ3) is 2.92. The van der Waals surface area contributed by atoms with Gasteiger partial charge < -0.3 is 5.73 Å². The Balaban J connectivity index is 2.45. The lowest BCUT2D eigenvalue weighted by molar-refractivity contribution is -0.385. The van der Waals surface area contributed by atoms with Crippen molar-refractivity contribution in [2.45, 2.75) is 31.2 Å². The van der Waals surface area contributed by atoms with Gasteiger partial charge in [0.2, 0.25) is 10.0 Å². The van der Waals surface area contributed by atoms with E-state index in [9.17, 15) is 18.5 Å². The monoisotopic (exact) mass is 313 g/mol. The molecule has 0 saturated carbocycles. The molecular weight excluding hydrogens is 294 g/mol. The summed E-state index contributed by atoms with van der Waals surface area (Å²) in [6, 6.07) is 3.76. The smallest absolute Gasteiger partial charge is 0.270 e. The molecule has 116 valence electrons. The number of sulfonamides is 1. The molecule has 0 aromatic heterocycles. The Kier molecular flexibility index (Phi) is 4.31. The van der Waals surface area contributed by atoms with Crippen LogP contribution in [0.5, 0.6) is 0 Å². The Morgan fingerprint density at radius 2 is 2.14 bits per heavy atom. The van der Waals surface area contributed by atoms with Crippen molar-refractivity contribution >= 4 is 15.7 Å². The zero-order valence-electron chi connectivity index (χ0n) is 12.0. The van der Waals surface area contributed by atoms with Gasteiger partial charge in [-0.25, -0.2) is 8.42 Å². The van der Waals surface area contributed by atoms with E-state index in [-0.39, 0.29) is 22.5 Å². The first-order chi connectivity index (χ1) is 9.77. The van der Waals surface area contributed by atoms with Crippen LogP contribution in [0.3, 0.4) is 0 Å². The summed E-state index contributed by atoms with van der Waals surface area (Å²) in [6.45, 7) is 4.27. The molecule has 2 N–H and O–H groups in total. The molecule has 2 atom stereocenters. The van der Waals surface area contributed by atoms with Crippen LogP contribution in [-0.4, -0.2) is 36.8 Å². The fourth-order valence-electron chi connectivity index (χ4n) is 2.72. The standard InChI is InChI=1S/C13H19N3O4S/c1-9-3-4-12(16(17)18)6-13(9)21(19,20)15-8-11(7-14)5-10(15)2/h3-4,6,10-11H,5,7-8,14H2,1-2H3. The summed E-state index contributed by atoms with van der Waals surface area (Å²) in [7, 11) is -3.74. The van der Waals surface area contributed by atoms with Gasteiger partial charge in [-0.05, 0) is 38.3 Å². The lowest BCUT2D eigenvalue weighted by Gasteiger charge is -2.22. The molecule has 2 unspecified atom stereocenters. The number of hydrogen-bond acceptors (Lipinski definition) is 5. The number of hydrogen-bond donors (Lipinski definition) is 1. The fraction of sp³-hybridized carbons (Fsp3) is 0.538. The number of rotatable bonds is 4. The maximum absolute atomic E-state index is 12.8. The van der Waals surface area contributed by atoms with Gasteiger partial charge in [-0.2, -0.15) is 4.31 Å². The summed E-state index contributed by atoms with van der Waals surface area (Å²) >= 11 is 0. The Morgan fingerprint density at radius 1 is 1.48 bits per heavy atom. The van der Waals surface area contributed by atoms with Crippen LogP contribution >= 0.6 is 0 Å². The Morgan fingerprint density at radius 3 is 2.67 bits per heavy atom. The minimum Gasteiger partial charge on any atom is -0.330 e. The second kappa shape index (κ2) is 5.70. The van der Waals surface area contributed by atoms with Crippen molar-refractivity contribution in [3.8, 4) is 0 Å². The molecule has 1 heterocycles. The molecule has 2 rings (SSSR count). The van der Waals surface area contributed by atoms with Gasteiger partial charge in [0.15, 0.2) is 0 Å². The SMILES string of the molecule is Cc1ccc([N+](=O)[O-])cc1S(=O)(=O)N1CC(CN)CC1C. The first-order valence-corrected chi connectivity index (χ1v) is 8.18. The summed E-state index contributed by atoms with van der Waals surface area (Å²) in [4.78, 5) is 10.3. The maximum Gasteiger partial charge on any atom is 0.270 e. The van der Waals surface area contributed by atoms with Gasteiger partial charge >= 0.3 is 0 Å². The molecular formula is C13H19N3O4S. The van der Waals surface area contributed by atoms with E-state index < -0.39 is 14.9 Å². The first-order valence-electron chi connectivity index (χ1n) is 6.74. The molecule has 0 spiro atoms. The van der Waals surface area contributed by atoms with Crippen LogP contribution in [0.4, 0.5) is 5.69 Å². The summed E-state index contributed by atoms with van der Waals surface area (Å²) in [5, 5.41) is 10.9. The third-order valence-electron chi connectivity index (χ3n) is 3.91. The van der Waals surface area contributed by atoms with Crippen molar-refractivity contribution in [1.29, 1.82) is 0 Å². The zero-order valence-corrected chi connectivity index (χ0v) is 12.8. The summed E-state index contributed by atoms with van der Waals surface area (Å²) in [5.41, 5.74) is 5.91. The highest BCUT2D eigenvalue weighted by atomic mass is 32.2. The van der Waals surface area contributed by atoms with Crippen LogP contribution in [0.2, 0.25) is 0 Å². The molecule has 0 aliphatic carbocycles. The highest BCUT2D eigenvalue weighted by molar-refractivity contribution is 7.89. The molecule has 0 radical (unpaired) electrons. The molecule has 21 heavy (non-hydrogen) atoms. The van der Waals surface area contributed by atoms with Crippen molar-refractivity contribution in [2.24, 2.45) is 11.7 Å². The fourth-order valence-corrected chi connectivity index (χ4v) is 4.69. The molecule has 1 aliphatic rings. The van der Waals surface area contributed by atoms with Gasteiger partial charge in [0.05, 0.1) is 9.82 Å². The first kappa shape index (κ1) is 15.9. The third-order valence-corrected chi connectivity index (χ3v) is 6.03. The second-order valence-corrected chi connectivity index (χ2v) is 7.33. The predicted octanol–water partition coefficient (Wildman–Crippen LogP) is 1.26. The average molecular weight is 313 g/mol. The normalized spacial score (nSPS) is 23.4. The molecule has 7 nitrogen and oxygen atoms in total. The zero-order chi connectivity index (χ0) is 15.8. The van der Waals surface area contributed by atoms with Crippen LogP contribution in [-0.2, 0) is 10.0 Å². The van der Waals surface area contributed by atoms with Crippen LogP contribution in [0.1, 0.15) is 18.9 Å². The Labute approximate surface area is 123 Å². The van der Waals surface area contributed by atoms with E-state index in [0.717, 1.165) is 6.07 Å². The quantitative estimate of drug-likeness (QED) is 0.665. The molecule has 0 amide bonds. The minimum atomic E-state index is -3.74. The highest BCUT2D eigenvalue weighted by Gasteiger charge is 2.38. The van der Waals surface area contributed by atoms with E-state index in [4.69, 9.17) is 5.73 Å². The lowest BCUT2D eigenvalue weighted by atomic mass is 10.1. The van der Waals surface area contributed by atoms with Gasteiger partial charge in [0, 0.05) is 24.7 Å². The van der Waals surface area contributed by atoms with Crippen molar-refractivity contribution in [1.82, 2.24) is 4.31 Å². The molecule has 1 aromatic rings. The van der Waals surface area contributed by atoms with Crippen molar-refractivity contribution in [3.63, 3.8) is 0 Å². The van der Waals surface area contributed by atoms with E-state index in [2.05, 4.69) is 0 Å². The van der Waals surface area contributed by atoms with Gasteiger partial charge in [-0.1, -0.05) is 6.07 Å². The molecule has 8 heteroatoms. The summed E-state index contributed by atoms with van der Waals surface area (Å²) < 4.78 is 26.9. The minimum absolute atomic E-state index is 0.00113. The van der Waals surface area contributed by atoms with Crippen molar-refractivity contribution < 1.29 is 13.3 Å². The second-order valence-electron chi connectivity index (χ2n) is 5.47. The number of non-ortho nitro benzene ring substituents is 1. The van der Waals surface area contributed by atoms with Gasteiger partial charge in [-0.15, -0.1) is 0 Å². The maximum atomic E-state index is 12.8. The van der Waals surface area contributed by atoms with Gasteiger partial charge in [0.1, 0.15) is 0 Å². The van der Waals surface area contributed by atoms with E-state index in [1.165, 1.54) is 16.4 Å². The summed E-state index contributed by atoms with van der Waals surface area (Å²) in [5.74, 6) is 0.133. The van der Waals surface area contributed by atoms with Crippen LogP contribution in [0.25, 0.3) is 0 Å². The molecule has 1 fully saturated rings. The average Bonchev–Trinajstić information content (AvgIpc) is 2.80. The summed E-state index contributed by atoms with van der Waals surface area (Å²) in [6.07, 6.45) is 0.712. The van der Waals surface area contributed by atoms with E-state index in [1.807, 2.05) is 6.92 Å². The van der Waals surface area contributed by atoms with Crippen molar-refractivity contribution in [3.05, 3.63) is 33.9 Å². The van der Waals surface area contributed by atoms with Crippen molar-refractivity contribution in [2.75, 3.05) is 13.1 Å². The highest BCUT2D eigenvalue weighted by Crippen LogP contribution is 2.31. The number of nitro benzene ring substituents is 1. The Hall–Kier alpha value is -1.51. The van der Waals surface area contributed by atoms with E-state index in [0.29, 0.717) is 25.1 Å². The van der Waals surface area contributed by atoms with Gasteiger partial charge in [0.25, 0.3) is 5.69 Å². The topological polar surface area (TPSA) is 107 Å². The van der Waals surface area contributed by atoms with Gasteiger partial charge in [-0.3, -0.25) is 10.1 Å². The van der Waals surface area contributed by atoms with Crippen LogP contribution in [0, 0.1) is 23.0 Å². The number of nitrogens with two attached hydrogens (primary N) is 1. The molecule has 1 saturated heterocycles. The lowest BCUT2D eigenvalue weighted by Crippen LogP contribution is -2.34. The Bertz CT molecular complexity index is 659. The van der Waals surface area contributed by atoms with Crippen LogP contribution in [0.15, 0.2) is 23.1 Å². The number of benzene rings is 1. The number of nitro groups is 1. The largest absolute Gasteiger partial charge is 0.330 e. The molecule has 1 aliphatic heterocycles. The predicted molar refractivity (Wildman–Crippen MR) is 78.3 cm³/mol. The molecule has 1 aromatic carbocycles. The number of aryl methyl sites for hydroxylation is 1. The van der Waals surface area contributed by atoms with E-state index in [1.54, 1.807) is 6.92 Å². The number of nitrogens with zero attached hydrogens (tertiary/aromatic N) is 2. The van der Waals surface area contributed by atoms with E-state index >= 15 is 0 Å². The van der Waals surface area contributed by atoms with Crippen LogP contribution < -0.4 is 5.73 Å².